The third kappa shape index (κ3) is 3.56. The molecule has 3 atom stereocenters. The Labute approximate surface area is 136 Å². The molecule has 0 aliphatic carbocycles. The highest BCUT2D eigenvalue weighted by molar-refractivity contribution is 5.77. The molecule has 1 aromatic carbocycles. The molecule has 0 radical (unpaired) electrons. The number of fused-ring (bicyclic) bond motifs is 1. The van der Waals surface area contributed by atoms with Gasteiger partial charge >= 0.3 is 0 Å². The second-order valence-electron chi connectivity index (χ2n) is 6.18. The van der Waals surface area contributed by atoms with Gasteiger partial charge in [0.05, 0.1) is 6.04 Å². The van der Waals surface area contributed by atoms with E-state index in [9.17, 15) is 9.18 Å². The maximum absolute atomic E-state index is 13.7. The number of halogens is 1. The van der Waals surface area contributed by atoms with Gasteiger partial charge in [-0.15, -0.1) is 0 Å². The number of aryl methyl sites for hydroxylation is 1. The monoisotopic (exact) mass is 321 g/mol. The number of carbonyl (C=O) groups excluding carboxylic acids is 1. The predicted molar refractivity (Wildman–Crippen MR) is 84.6 cm³/mol. The van der Waals surface area contributed by atoms with Crippen LogP contribution >= 0.6 is 0 Å². The molecule has 2 heterocycles. The van der Waals surface area contributed by atoms with Crippen LogP contribution in [0.2, 0.25) is 0 Å². The topological polar surface area (TPSA) is 38.8 Å². The summed E-state index contributed by atoms with van der Waals surface area (Å²) in [7, 11) is 0. The maximum Gasteiger partial charge on any atom is 0.223 e. The van der Waals surface area contributed by atoms with Crippen molar-refractivity contribution in [3.05, 3.63) is 35.6 Å². The molecule has 1 aromatic rings. The van der Waals surface area contributed by atoms with Crippen LogP contribution in [0.3, 0.4) is 0 Å². The fourth-order valence-electron chi connectivity index (χ4n) is 3.64. The molecule has 0 spiro atoms. The number of amides is 1. The van der Waals surface area contributed by atoms with Gasteiger partial charge in [-0.2, -0.15) is 0 Å². The van der Waals surface area contributed by atoms with Gasteiger partial charge in [0.15, 0.2) is 0 Å². The van der Waals surface area contributed by atoms with Crippen LogP contribution in [-0.4, -0.2) is 48.8 Å². The second-order valence-corrected chi connectivity index (χ2v) is 6.18. The summed E-state index contributed by atoms with van der Waals surface area (Å²) in [5.41, 5.74) is 0.595. The Bertz CT molecular complexity index is 551. The van der Waals surface area contributed by atoms with Crippen LogP contribution < -0.4 is 0 Å². The smallest absolute Gasteiger partial charge is 0.223 e. The van der Waals surface area contributed by atoms with Crippen molar-refractivity contribution >= 4 is 5.91 Å². The van der Waals surface area contributed by atoms with Crippen molar-refractivity contribution < 1.29 is 18.7 Å². The fraction of sp³-hybridized carbons (Fsp3) is 0.611. The number of rotatable bonds is 5. The average molecular weight is 321 g/mol. The average Bonchev–Trinajstić information content (AvgIpc) is 2.93. The van der Waals surface area contributed by atoms with E-state index in [1.165, 1.54) is 6.07 Å². The highest BCUT2D eigenvalue weighted by Gasteiger charge is 2.46. The molecule has 0 unspecified atom stereocenters. The van der Waals surface area contributed by atoms with E-state index in [0.29, 0.717) is 31.6 Å². The molecule has 3 rings (SSSR count). The number of hydrogen-bond acceptors (Lipinski definition) is 3. The number of nitrogens with zero attached hydrogens (tertiary/aromatic N) is 1. The molecule has 0 bridgehead atoms. The minimum Gasteiger partial charge on any atom is -0.374 e. The molecule has 1 amide bonds. The third-order valence-electron chi connectivity index (χ3n) is 4.74. The number of benzene rings is 1. The summed E-state index contributed by atoms with van der Waals surface area (Å²) >= 11 is 0. The van der Waals surface area contributed by atoms with Crippen molar-refractivity contribution in [2.45, 2.75) is 50.9 Å². The highest BCUT2D eigenvalue weighted by Crippen LogP contribution is 2.31. The van der Waals surface area contributed by atoms with Crippen molar-refractivity contribution in [3.63, 3.8) is 0 Å². The lowest BCUT2D eigenvalue weighted by molar-refractivity contribution is -0.134. The zero-order valence-electron chi connectivity index (χ0n) is 13.5. The molecule has 0 N–H and O–H groups in total. The summed E-state index contributed by atoms with van der Waals surface area (Å²) in [6, 6.07) is 6.74. The molecule has 2 saturated heterocycles. The van der Waals surface area contributed by atoms with E-state index in [1.54, 1.807) is 18.2 Å². The van der Waals surface area contributed by atoms with Gasteiger partial charge < -0.3 is 14.4 Å². The van der Waals surface area contributed by atoms with Crippen LogP contribution in [0, 0.1) is 5.82 Å². The maximum atomic E-state index is 13.7. The summed E-state index contributed by atoms with van der Waals surface area (Å²) in [5, 5.41) is 0. The van der Waals surface area contributed by atoms with E-state index in [-0.39, 0.29) is 30.0 Å². The molecule has 2 fully saturated rings. The van der Waals surface area contributed by atoms with Crippen LogP contribution in [0.4, 0.5) is 4.39 Å². The summed E-state index contributed by atoms with van der Waals surface area (Å²) in [4.78, 5) is 14.5. The first-order valence-electron chi connectivity index (χ1n) is 8.46. The molecular weight excluding hydrogens is 297 g/mol. The molecule has 23 heavy (non-hydrogen) atoms. The lowest BCUT2D eigenvalue weighted by atomic mass is 10.0. The summed E-state index contributed by atoms with van der Waals surface area (Å²) in [6.07, 6.45) is 2.63. The van der Waals surface area contributed by atoms with Crippen molar-refractivity contribution in [3.8, 4) is 0 Å². The number of likely N-dealkylation sites (tertiary alicyclic amines) is 1. The Hall–Kier alpha value is -1.46. The first-order chi connectivity index (χ1) is 11.2. The Morgan fingerprint density at radius 2 is 2.26 bits per heavy atom. The minimum atomic E-state index is -0.243. The van der Waals surface area contributed by atoms with Crippen LogP contribution in [0.15, 0.2) is 24.3 Å². The normalized spacial score (nSPS) is 27.0. The van der Waals surface area contributed by atoms with Gasteiger partial charge in [0.2, 0.25) is 5.91 Å². The standard InChI is InChI=1S/C18H24FNO3/c1-2-22-16-12-20(15-8-5-11-23-18(15)16)17(21)10-9-13-6-3-4-7-14(13)19/h3-4,6-7,15-16,18H,2,5,8-12H2,1H3/t15-,16+,18+/m1/s1. The van der Waals surface area contributed by atoms with Gasteiger partial charge in [-0.3, -0.25) is 4.79 Å². The van der Waals surface area contributed by atoms with Crippen LogP contribution in [0.5, 0.6) is 0 Å². The van der Waals surface area contributed by atoms with Gasteiger partial charge in [0.1, 0.15) is 18.0 Å². The Morgan fingerprint density at radius 1 is 1.43 bits per heavy atom. The Balaban J connectivity index is 1.63. The summed E-state index contributed by atoms with van der Waals surface area (Å²) in [6.45, 7) is 3.90. The SMILES string of the molecule is CCO[C@H]1CN(C(=O)CCc2ccccc2F)[C@@H]2CCCO[C@H]12. The van der Waals surface area contributed by atoms with Gasteiger partial charge in [-0.25, -0.2) is 4.39 Å². The fourth-order valence-corrected chi connectivity index (χ4v) is 3.64. The van der Waals surface area contributed by atoms with Crippen molar-refractivity contribution in [2.24, 2.45) is 0 Å². The van der Waals surface area contributed by atoms with Gasteiger partial charge in [-0.1, -0.05) is 18.2 Å². The molecule has 126 valence electrons. The Morgan fingerprint density at radius 3 is 3.04 bits per heavy atom. The van der Waals surface area contributed by atoms with Crippen molar-refractivity contribution in [2.75, 3.05) is 19.8 Å². The van der Waals surface area contributed by atoms with E-state index in [0.717, 1.165) is 19.4 Å². The molecule has 2 aliphatic rings. The molecular formula is C18H24FNO3. The van der Waals surface area contributed by atoms with Gasteiger partial charge in [0.25, 0.3) is 0 Å². The van der Waals surface area contributed by atoms with Crippen molar-refractivity contribution in [1.82, 2.24) is 4.90 Å². The van der Waals surface area contributed by atoms with E-state index in [4.69, 9.17) is 9.47 Å². The van der Waals surface area contributed by atoms with E-state index >= 15 is 0 Å². The third-order valence-corrected chi connectivity index (χ3v) is 4.74. The lowest BCUT2D eigenvalue weighted by Gasteiger charge is -2.32. The molecule has 0 saturated carbocycles. The zero-order valence-corrected chi connectivity index (χ0v) is 13.5. The molecule has 0 aromatic heterocycles. The van der Waals surface area contributed by atoms with E-state index < -0.39 is 0 Å². The van der Waals surface area contributed by atoms with Crippen LogP contribution in [-0.2, 0) is 20.7 Å². The number of hydrogen-bond donors (Lipinski definition) is 0. The van der Waals surface area contributed by atoms with Gasteiger partial charge in [0, 0.05) is 26.2 Å². The predicted octanol–water partition coefficient (Wildman–Crippen LogP) is 2.55. The first kappa shape index (κ1) is 16.4. The largest absolute Gasteiger partial charge is 0.374 e. The zero-order chi connectivity index (χ0) is 16.2. The highest BCUT2D eigenvalue weighted by atomic mass is 19.1. The van der Waals surface area contributed by atoms with E-state index in [2.05, 4.69) is 0 Å². The quantitative estimate of drug-likeness (QED) is 0.836. The van der Waals surface area contributed by atoms with E-state index in [1.807, 2.05) is 11.8 Å². The van der Waals surface area contributed by atoms with Crippen molar-refractivity contribution in [1.29, 1.82) is 0 Å². The lowest BCUT2D eigenvalue weighted by Crippen LogP contribution is -2.44. The molecule has 2 aliphatic heterocycles. The first-order valence-corrected chi connectivity index (χ1v) is 8.46. The molecule has 5 heteroatoms. The Kier molecular flexibility index (Phi) is 5.28. The number of ether oxygens (including phenoxy) is 2. The van der Waals surface area contributed by atoms with Crippen LogP contribution in [0.1, 0.15) is 31.7 Å². The second kappa shape index (κ2) is 7.41. The number of carbonyl (C=O) groups is 1. The summed E-state index contributed by atoms with van der Waals surface area (Å²) in [5.74, 6) is -0.177. The summed E-state index contributed by atoms with van der Waals surface area (Å²) < 4.78 is 25.3. The molecule has 4 nitrogen and oxygen atoms in total. The van der Waals surface area contributed by atoms with Crippen LogP contribution in [0.25, 0.3) is 0 Å². The minimum absolute atomic E-state index is 0.0129. The van der Waals surface area contributed by atoms with Gasteiger partial charge in [-0.05, 0) is 37.8 Å².